The Morgan fingerprint density at radius 1 is 1.38 bits per heavy atom. The van der Waals surface area contributed by atoms with Crippen LogP contribution in [0.25, 0.3) is 0 Å². The van der Waals surface area contributed by atoms with Gasteiger partial charge in [-0.05, 0) is 44.0 Å². The van der Waals surface area contributed by atoms with E-state index in [0.717, 1.165) is 21.9 Å². The van der Waals surface area contributed by atoms with E-state index in [-0.39, 0.29) is 5.54 Å². The van der Waals surface area contributed by atoms with Gasteiger partial charge in [-0.1, -0.05) is 22.0 Å². The first-order valence-electron chi connectivity index (χ1n) is 5.20. The van der Waals surface area contributed by atoms with E-state index in [4.69, 9.17) is 0 Å². The van der Waals surface area contributed by atoms with Gasteiger partial charge in [0.25, 0.3) is 0 Å². The van der Waals surface area contributed by atoms with Gasteiger partial charge in [0.1, 0.15) is 6.29 Å². The van der Waals surface area contributed by atoms with Crippen LogP contribution in [0.2, 0.25) is 0 Å². The molecule has 0 bridgehead atoms. The lowest BCUT2D eigenvalue weighted by Crippen LogP contribution is -2.10. The summed E-state index contributed by atoms with van der Waals surface area (Å²) >= 11 is 3.40. The Labute approximate surface area is 105 Å². The lowest BCUT2D eigenvalue weighted by Gasteiger charge is -2.11. The van der Waals surface area contributed by atoms with Crippen molar-refractivity contribution in [2.75, 3.05) is 0 Å². The highest BCUT2D eigenvalue weighted by Gasteiger charge is 2.06. The van der Waals surface area contributed by atoms with Crippen molar-refractivity contribution < 1.29 is 4.79 Å². The fourth-order valence-corrected chi connectivity index (χ4v) is 1.64. The van der Waals surface area contributed by atoms with Crippen molar-refractivity contribution in [2.24, 2.45) is 4.99 Å². The number of nitrogens with zero attached hydrogens (tertiary/aromatic N) is 1. The molecule has 1 rings (SSSR count). The molecule has 0 atom stereocenters. The van der Waals surface area contributed by atoms with Crippen molar-refractivity contribution in [3.8, 4) is 0 Å². The summed E-state index contributed by atoms with van der Waals surface area (Å²) in [5.41, 5.74) is 1.91. The Morgan fingerprint density at radius 2 is 2.06 bits per heavy atom. The number of hydrogen-bond acceptors (Lipinski definition) is 2. The zero-order valence-corrected chi connectivity index (χ0v) is 11.4. The van der Waals surface area contributed by atoms with Crippen LogP contribution in [0.1, 0.15) is 31.9 Å². The summed E-state index contributed by atoms with van der Waals surface area (Å²) < 4.78 is 0.984. The molecule has 0 spiro atoms. The lowest BCUT2D eigenvalue weighted by atomic mass is 10.1. The summed E-state index contributed by atoms with van der Waals surface area (Å²) in [5.74, 6) is 0. The molecule has 0 saturated heterocycles. The number of rotatable bonds is 3. The summed E-state index contributed by atoms with van der Waals surface area (Å²) in [6, 6.07) is 5.88. The molecule has 16 heavy (non-hydrogen) atoms. The monoisotopic (exact) mass is 281 g/mol. The summed E-state index contributed by atoms with van der Waals surface area (Å²) in [7, 11) is 0. The highest BCUT2D eigenvalue weighted by Crippen LogP contribution is 2.16. The van der Waals surface area contributed by atoms with Crippen LogP contribution >= 0.6 is 15.9 Å². The van der Waals surface area contributed by atoms with Crippen LogP contribution in [0.5, 0.6) is 0 Å². The zero-order chi connectivity index (χ0) is 12.2. The summed E-state index contributed by atoms with van der Waals surface area (Å²) in [5, 5.41) is 0. The van der Waals surface area contributed by atoms with Crippen LogP contribution in [-0.2, 0) is 11.2 Å². The fraction of sp³-hybridized carbons (Fsp3) is 0.385. The van der Waals surface area contributed by atoms with Gasteiger partial charge in [-0.15, -0.1) is 0 Å². The molecule has 0 aliphatic heterocycles. The summed E-state index contributed by atoms with van der Waals surface area (Å²) in [4.78, 5) is 15.0. The number of carbonyl (C=O) groups excluding carboxylic acids is 1. The third kappa shape index (κ3) is 4.27. The number of aldehydes is 1. The minimum absolute atomic E-state index is 0.0917. The normalized spacial score (nSPS) is 12.0. The van der Waals surface area contributed by atoms with Crippen molar-refractivity contribution in [2.45, 2.75) is 32.7 Å². The molecule has 1 aromatic rings. The van der Waals surface area contributed by atoms with Crippen LogP contribution in [0, 0.1) is 0 Å². The van der Waals surface area contributed by atoms with Crippen molar-refractivity contribution in [1.82, 2.24) is 0 Å². The molecule has 0 aliphatic carbocycles. The van der Waals surface area contributed by atoms with E-state index in [1.807, 2.05) is 45.2 Å². The minimum atomic E-state index is -0.0917. The molecule has 0 saturated carbocycles. The fourth-order valence-electron chi connectivity index (χ4n) is 1.23. The van der Waals surface area contributed by atoms with E-state index in [0.29, 0.717) is 6.42 Å². The molecular formula is C13H16BrNO. The first-order valence-corrected chi connectivity index (χ1v) is 5.99. The Balaban J connectivity index is 3.03. The second-order valence-corrected chi connectivity index (χ2v) is 5.56. The minimum Gasteiger partial charge on any atom is -0.303 e. The van der Waals surface area contributed by atoms with E-state index in [9.17, 15) is 4.79 Å². The van der Waals surface area contributed by atoms with Crippen LogP contribution in [0.4, 0.5) is 0 Å². The largest absolute Gasteiger partial charge is 0.303 e. The van der Waals surface area contributed by atoms with Crippen LogP contribution < -0.4 is 0 Å². The predicted molar refractivity (Wildman–Crippen MR) is 71.3 cm³/mol. The Bertz CT molecular complexity index is 405. The number of aliphatic imine (C=N–C) groups is 1. The molecule has 0 fully saturated rings. The molecule has 1 aromatic carbocycles. The quantitative estimate of drug-likeness (QED) is 0.617. The van der Waals surface area contributed by atoms with Crippen LogP contribution in [-0.4, -0.2) is 18.0 Å². The second kappa shape index (κ2) is 5.39. The Hall–Kier alpha value is -0.960. The second-order valence-electron chi connectivity index (χ2n) is 4.64. The molecule has 0 N–H and O–H groups in total. The number of benzene rings is 1. The molecule has 0 radical (unpaired) electrons. The maximum absolute atomic E-state index is 10.6. The Kier molecular flexibility index (Phi) is 4.42. The van der Waals surface area contributed by atoms with Gasteiger partial charge in [0.05, 0.1) is 5.54 Å². The standard InChI is InChI=1S/C13H16BrNO/c1-13(2,3)15-9-11-4-5-12(14)8-10(11)6-7-16/h4-5,7-9H,6H2,1-3H3. The first kappa shape index (κ1) is 13.1. The number of halogens is 1. The van der Waals surface area contributed by atoms with Crippen LogP contribution in [0.15, 0.2) is 27.7 Å². The highest BCUT2D eigenvalue weighted by atomic mass is 79.9. The molecule has 0 aromatic heterocycles. The van der Waals surface area contributed by atoms with Gasteiger partial charge in [-0.3, -0.25) is 4.99 Å². The predicted octanol–water partition coefficient (Wildman–Crippen LogP) is 3.41. The summed E-state index contributed by atoms with van der Waals surface area (Å²) in [6.45, 7) is 6.13. The van der Waals surface area contributed by atoms with Gasteiger partial charge in [0.15, 0.2) is 0 Å². The topological polar surface area (TPSA) is 29.4 Å². The van der Waals surface area contributed by atoms with Crippen molar-refractivity contribution >= 4 is 28.4 Å². The van der Waals surface area contributed by atoms with E-state index in [1.165, 1.54) is 0 Å². The maximum Gasteiger partial charge on any atom is 0.124 e. The average Bonchev–Trinajstić information content (AvgIpc) is 2.15. The van der Waals surface area contributed by atoms with Gasteiger partial charge in [-0.2, -0.15) is 0 Å². The van der Waals surface area contributed by atoms with Crippen LogP contribution in [0.3, 0.4) is 0 Å². The molecule has 0 amide bonds. The van der Waals surface area contributed by atoms with Gasteiger partial charge in [0.2, 0.25) is 0 Å². The van der Waals surface area contributed by atoms with Gasteiger partial charge >= 0.3 is 0 Å². The Morgan fingerprint density at radius 3 is 2.62 bits per heavy atom. The molecular weight excluding hydrogens is 266 g/mol. The van der Waals surface area contributed by atoms with E-state index >= 15 is 0 Å². The number of carbonyl (C=O) groups is 1. The van der Waals surface area contributed by atoms with Crippen molar-refractivity contribution in [1.29, 1.82) is 0 Å². The van der Waals surface area contributed by atoms with E-state index in [1.54, 1.807) is 0 Å². The molecule has 0 unspecified atom stereocenters. The smallest absolute Gasteiger partial charge is 0.124 e. The van der Waals surface area contributed by atoms with Gasteiger partial charge in [0, 0.05) is 17.1 Å². The number of hydrogen-bond donors (Lipinski definition) is 0. The molecule has 0 heterocycles. The summed E-state index contributed by atoms with van der Waals surface area (Å²) in [6.07, 6.45) is 3.17. The molecule has 3 heteroatoms. The highest BCUT2D eigenvalue weighted by molar-refractivity contribution is 9.10. The molecule has 2 nitrogen and oxygen atoms in total. The third-order valence-electron chi connectivity index (χ3n) is 2.00. The molecule has 0 aliphatic rings. The van der Waals surface area contributed by atoms with Crippen molar-refractivity contribution in [3.05, 3.63) is 33.8 Å². The van der Waals surface area contributed by atoms with E-state index in [2.05, 4.69) is 20.9 Å². The lowest BCUT2D eigenvalue weighted by molar-refractivity contribution is -0.107. The first-order chi connectivity index (χ1) is 7.42. The van der Waals surface area contributed by atoms with Gasteiger partial charge < -0.3 is 4.79 Å². The van der Waals surface area contributed by atoms with E-state index < -0.39 is 0 Å². The average molecular weight is 282 g/mol. The SMILES string of the molecule is CC(C)(C)N=Cc1ccc(Br)cc1CC=O. The zero-order valence-electron chi connectivity index (χ0n) is 9.83. The maximum atomic E-state index is 10.6. The van der Waals surface area contributed by atoms with Gasteiger partial charge in [-0.25, -0.2) is 0 Å². The molecule has 86 valence electrons. The third-order valence-corrected chi connectivity index (χ3v) is 2.49. The van der Waals surface area contributed by atoms with Crippen molar-refractivity contribution in [3.63, 3.8) is 0 Å².